The molecule has 3 aromatic carbocycles. The summed E-state index contributed by atoms with van der Waals surface area (Å²) in [4.78, 5) is 22.7. The number of carbonyl (C=O) groups is 1. The second-order valence-corrected chi connectivity index (χ2v) is 10.5. The lowest BCUT2D eigenvalue weighted by Gasteiger charge is -2.33. The topological polar surface area (TPSA) is 117 Å². The summed E-state index contributed by atoms with van der Waals surface area (Å²) in [5.74, 6) is 1.92. The number of likely N-dealkylation sites (tertiary alicyclic amines) is 1. The van der Waals surface area contributed by atoms with Gasteiger partial charge in [-0.1, -0.05) is 49.0 Å². The number of nitrogens with zero attached hydrogens (tertiary/aromatic N) is 3. The third kappa shape index (κ3) is 6.21. The minimum Gasteiger partial charge on any atom is -0.457 e. The van der Waals surface area contributed by atoms with Crippen LogP contribution in [0.4, 0.5) is 11.6 Å². The predicted molar refractivity (Wildman–Crippen MR) is 162 cm³/mol. The van der Waals surface area contributed by atoms with Crippen molar-refractivity contribution in [3.05, 3.63) is 107 Å². The number of hydrogen-bond acceptors (Lipinski definition) is 7. The van der Waals surface area contributed by atoms with Crippen molar-refractivity contribution in [1.82, 2.24) is 14.9 Å². The Morgan fingerprint density at radius 1 is 1.00 bits per heavy atom. The lowest BCUT2D eigenvalue weighted by molar-refractivity contribution is -0.127. The Morgan fingerprint density at radius 3 is 2.33 bits per heavy atom. The monoisotopic (exact) mass is 596 g/mol. The van der Waals surface area contributed by atoms with E-state index in [4.69, 9.17) is 15.9 Å². The van der Waals surface area contributed by atoms with Crippen LogP contribution in [0.5, 0.6) is 11.5 Å². The van der Waals surface area contributed by atoms with Crippen molar-refractivity contribution in [3.8, 4) is 22.6 Å². The second-order valence-electron chi connectivity index (χ2n) is 9.51. The lowest BCUT2D eigenvalue weighted by Crippen LogP contribution is -2.45. The summed E-state index contributed by atoms with van der Waals surface area (Å²) >= 11 is 3.18. The van der Waals surface area contributed by atoms with Crippen LogP contribution in [0.15, 0.2) is 96.3 Å². The first-order valence-electron chi connectivity index (χ1n) is 12.9. The number of amides is 1. The van der Waals surface area contributed by atoms with E-state index in [1.807, 2.05) is 66.7 Å². The zero-order chi connectivity index (χ0) is 28.1. The third-order valence-electron chi connectivity index (χ3n) is 6.75. The molecule has 1 aromatic heterocycles. The molecule has 0 unspecified atom stereocenters. The Bertz CT molecular complexity index is 1520. The molecule has 4 N–H and O–H groups in total. The molecule has 5 rings (SSSR count). The van der Waals surface area contributed by atoms with Gasteiger partial charge in [0.2, 0.25) is 0 Å². The number of nitrogens with two attached hydrogens (primary N) is 1. The van der Waals surface area contributed by atoms with E-state index in [-0.39, 0.29) is 23.5 Å². The highest BCUT2D eigenvalue weighted by atomic mass is 79.9. The molecular formula is C31H29BrN6O2. The van der Waals surface area contributed by atoms with Gasteiger partial charge in [-0.3, -0.25) is 10.2 Å². The Morgan fingerprint density at radius 2 is 1.65 bits per heavy atom. The van der Waals surface area contributed by atoms with E-state index in [1.165, 1.54) is 6.33 Å². The highest BCUT2D eigenvalue weighted by Crippen LogP contribution is 2.28. The van der Waals surface area contributed by atoms with Crippen LogP contribution < -0.4 is 15.8 Å². The maximum atomic E-state index is 12.4. The molecule has 4 aromatic rings. The molecule has 1 aliphatic heterocycles. The Balaban J connectivity index is 1.28. The first kappa shape index (κ1) is 27.1. The van der Waals surface area contributed by atoms with Gasteiger partial charge in [0.05, 0.1) is 15.8 Å². The van der Waals surface area contributed by atoms with Crippen molar-refractivity contribution >= 4 is 39.2 Å². The fraction of sp³-hybridized carbons (Fsp3) is 0.161. The number of ether oxygens (including phenoxy) is 1. The zero-order valence-electron chi connectivity index (χ0n) is 21.8. The van der Waals surface area contributed by atoms with E-state index in [2.05, 4.69) is 49.9 Å². The number of carbonyl (C=O) groups excluding carboxylic acids is 1. The quantitative estimate of drug-likeness (QED) is 0.163. The number of piperidine rings is 1. The molecule has 0 saturated carbocycles. The molecule has 2 heterocycles. The molecule has 8 nitrogen and oxygen atoms in total. The van der Waals surface area contributed by atoms with Crippen LogP contribution in [0, 0.1) is 5.41 Å². The molecule has 1 saturated heterocycles. The van der Waals surface area contributed by atoms with Gasteiger partial charge in [-0.05, 0) is 76.3 Å². The minimum absolute atomic E-state index is 0.0468. The number of nitrogens with one attached hydrogen (secondary N) is 2. The summed E-state index contributed by atoms with van der Waals surface area (Å²) in [6, 6.07) is 25.3. The van der Waals surface area contributed by atoms with Crippen molar-refractivity contribution < 1.29 is 9.53 Å². The minimum atomic E-state index is -0.129. The fourth-order valence-corrected chi connectivity index (χ4v) is 4.97. The van der Waals surface area contributed by atoms with E-state index in [0.29, 0.717) is 40.3 Å². The van der Waals surface area contributed by atoms with Crippen LogP contribution in [-0.4, -0.2) is 45.6 Å². The average molecular weight is 598 g/mol. The molecule has 1 aliphatic rings. The van der Waals surface area contributed by atoms with E-state index >= 15 is 0 Å². The van der Waals surface area contributed by atoms with Crippen LogP contribution >= 0.6 is 15.9 Å². The van der Waals surface area contributed by atoms with Crippen molar-refractivity contribution in [2.45, 2.75) is 18.9 Å². The molecule has 1 amide bonds. The Labute approximate surface area is 241 Å². The summed E-state index contributed by atoms with van der Waals surface area (Å²) in [6.07, 6.45) is 3.07. The van der Waals surface area contributed by atoms with Crippen molar-refractivity contribution in [3.63, 3.8) is 0 Å². The maximum absolute atomic E-state index is 12.4. The lowest BCUT2D eigenvalue weighted by atomic mass is 10.0. The van der Waals surface area contributed by atoms with E-state index in [1.54, 1.807) is 4.90 Å². The molecule has 0 spiro atoms. The SMILES string of the molecule is C=C(Br)C(=O)N1CCC[C@@H](Nc2ncnc(N)c2C(=N)c2ccc(Oc3ccc(-c4ccccc4)cc3)cc2)C1. The first-order valence-corrected chi connectivity index (χ1v) is 13.7. The molecule has 1 fully saturated rings. The standard InChI is InChI=1S/C31H29BrN6O2/c1-20(32)31(39)38-17-5-8-24(18-38)37-30-27(29(34)35-19-36-30)28(33)23-11-15-26(16-12-23)40-25-13-9-22(10-14-25)21-6-3-2-4-7-21/h2-4,6-7,9-16,19,24,33H,1,5,8,17-18H2,(H3,34,35,36,37)/t24-/m1/s1. The maximum Gasteiger partial charge on any atom is 0.260 e. The van der Waals surface area contributed by atoms with Gasteiger partial charge in [-0.15, -0.1) is 0 Å². The number of hydrogen-bond donors (Lipinski definition) is 3. The zero-order valence-corrected chi connectivity index (χ0v) is 23.4. The third-order valence-corrected chi connectivity index (χ3v) is 7.09. The fourth-order valence-electron chi connectivity index (χ4n) is 4.72. The van der Waals surface area contributed by atoms with Crippen LogP contribution in [-0.2, 0) is 4.79 Å². The van der Waals surface area contributed by atoms with Crippen LogP contribution in [0.1, 0.15) is 24.0 Å². The summed E-state index contributed by atoms with van der Waals surface area (Å²) in [5.41, 5.74) is 9.75. The second kappa shape index (κ2) is 12.1. The molecule has 202 valence electrons. The highest BCUT2D eigenvalue weighted by Gasteiger charge is 2.26. The van der Waals surface area contributed by atoms with Crippen molar-refractivity contribution in [2.75, 3.05) is 24.1 Å². The first-order chi connectivity index (χ1) is 19.4. The number of rotatable bonds is 8. The van der Waals surface area contributed by atoms with Gasteiger partial charge in [0.15, 0.2) is 0 Å². The van der Waals surface area contributed by atoms with E-state index in [9.17, 15) is 4.79 Å². The van der Waals surface area contributed by atoms with Crippen molar-refractivity contribution in [1.29, 1.82) is 5.41 Å². The van der Waals surface area contributed by atoms with Gasteiger partial charge >= 0.3 is 0 Å². The smallest absolute Gasteiger partial charge is 0.260 e. The molecule has 0 aliphatic carbocycles. The molecule has 0 radical (unpaired) electrons. The summed E-state index contributed by atoms with van der Waals surface area (Å²) in [6.45, 7) is 4.86. The van der Waals surface area contributed by atoms with Gasteiger partial charge in [-0.2, -0.15) is 0 Å². The van der Waals surface area contributed by atoms with Crippen LogP contribution in [0.25, 0.3) is 11.1 Å². The van der Waals surface area contributed by atoms with Gasteiger partial charge in [-0.25, -0.2) is 9.97 Å². The number of halogens is 1. The van der Waals surface area contributed by atoms with Gasteiger partial charge in [0.1, 0.15) is 29.5 Å². The average Bonchev–Trinajstić information content (AvgIpc) is 2.98. The van der Waals surface area contributed by atoms with Crippen LogP contribution in [0.2, 0.25) is 0 Å². The molecule has 1 atom stereocenters. The molecular weight excluding hydrogens is 568 g/mol. The van der Waals surface area contributed by atoms with Gasteiger partial charge in [0, 0.05) is 24.7 Å². The predicted octanol–water partition coefficient (Wildman–Crippen LogP) is 6.25. The largest absolute Gasteiger partial charge is 0.457 e. The summed E-state index contributed by atoms with van der Waals surface area (Å²) in [7, 11) is 0. The number of aromatic nitrogens is 2. The number of benzene rings is 3. The molecule has 40 heavy (non-hydrogen) atoms. The van der Waals surface area contributed by atoms with E-state index in [0.717, 1.165) is 29.7 Å². The number of nitrogen functional groups attached to an aromatic ring is 1. The normalized spacial score (nSPS) is 14.8. The van der Waals surface area contributed by atoms with Crippen LogP contribution in [0.3, 0.4) is 0 Å². The van der Waals surface area contributed by atoms with Gasteiger partial charge in [0.25, 0.3) is 5.91 Å². The Hall–Kier alpha value is -4.50. The van der Waals surface area contributed by atoms with E-state index < -0.39 is 0 Å². The highest BCUT2D eigenvalue weighted by molar-refractivity contribution is 9.12. The Kier molecular flexibility index (Phi) is 8.21. The summed E-state index contributed by atoms with van der Waals surface area (Å²) < 4.78 is 6.36. The summed E-state index contributed by atoms with van der Waals surface area (Å²) in [5, 5.41) is 12.3. The molecule has 9 heteroatoms. The molecule has 0 bridgehead atoms. The number of anilines is 2. The van der Waals surface area contributed by atoms with Crippen molar-refractivity contribution in [2.24, 2.45) is 0 Å². The van der Waals surface area contributed by atoms with Gasteiger partial charge < -0.3 is 20.7 Å².